The Hall–Kier alpha value is -2.04. The summed E-state index contributed by atoms with van der Waals surface area (Å²) in [6, 6.07) is 9.97. The number of benzene rings is 2. The minimum atomic E-state index is -0.347. The number of rotatable bonds is 2. The molecule has 6 heteroatoms. The predicted molar refractivity (Wildman–Crippen MR) is 86.7 cm³/mol. The third-order valence-corrected chi connectivity index (χ3v) is 4.08. The van der Waals surface area contributed by atoms with Gasteiger partial charge in [0.15, 0.2) is 0 Å². The van der Waals surface area contributed by atoms with Gasteiger partial charge < -0.3 is 10.2 Å². The maximum absolute atomic E-state index is 12.3. The van der Waals surface area contributed by atoms with Gasteiger partial charge in [-0.1, -0.05) is 29.3 Å². The van der Waals surface area contributed by atoms with Crippen molar-refractivity contribution in [3.63, 3.8) is 0 Å². The zero-order valence-corrected chi connectivity index (χ0v) is 13.2. The molecule has 0 bridgehead atoms. The van der Waals surface area contributed by atoms with Crippen LogP contribution in [0.25, 0.3) is 0 Å². The smallest absolute Gasteiger partial charge is 0.257 e. The molecule has 0 spiro atoms. The molecule has 1 heterocycles. The summed E-state index contributed by atoms with van der Waals surface area (Å²) >= 11 is 11.8. The van der Waals surface area contributed by atoms with E-state index in [2.05, 4.69) is 5.32 Å². The van der Waals surface area contributed by atoms with E-state index in [-0.39, 0.29) is 16.8 Å². The molecule has 0 unspecified atom stereocenters. The Balaban J connectivity index is 1.85. The highest BCUT2D eigenvalue weighted by Gasteiger charge is 2.24. The molecule has 0 aromatic heterocycles. The van der Waals surface area contributed by atoms with E-state index in [0.717, 1.165) is 5.56 Å². The van der Waals surface area contributed by atoms with Crippen LogP contribution in [0.2, 0.25) is 10.0 Å². The van der Waals surface area contributed by atoms with E-state index in [1.807, 2.05) is 6.07 Å². The van der Waals surface area contributed by atoms with Crippen molar-refractivity contribution in [3.8, 4) is 0 Å². The van der Waals surface area contributed by atoms with Gasteiger partial charge in [0.1, 0.15) is 0 Å². The Labute approximate surface area is 137 Å². The zero-order chi connectivity index (χ0) is 15.9. The van der Waals surface area contributed by atoms with Crippen LogP contribution >= 0.6 is 23.2 Å². The molecule has 2 aromatic carbocycles. The molecule has 0 saturated heterocycles. The quantitative estimate of drug-likeness (QED) is 0.907. The monoisotopic (exact) mass is 334 g/mol. The number of carbonyl (C=O) groups is 2. The number of hydrogen-bond donors (Lipinski definition) is 1. The second-order valence-electron chi connectivity index (χ2n) is 5.11. The molecular weight excluding hydrogens is 323 g/mol. The highest BCUT2D eigenvalue weighted by atomic mass is 35.5. The Morgan fingerprint density at radius 2 is 1.95 bits per heavy atom. The van der Waals surface area contributed by atoms with Gasteiger partial charge in [0, 0.05) is 29.9 Å². The van der Waals surface area contributed by atoms with Gasteiger partial charge in [-0.2, -0.15) is 0 Å². The van der Waals surface area contributed by atoms with Crippen molar-refractivity contribution in [1.82, 2.24) is 4.90 Å². The van der Waals surface area contributed by atoms with Crippen molar-refractivity contribution < 1.29 is 9.59 Å². The van der Waals surface area contributed by atoms with Crippen molar-refractivity contribution >= 4 is 40.7 Å². The van der Waals surface area contributed by atoms with Crippen molar-refractivity contribution in [2.24, 2.45) is 0 Å². The Bertz CT molecular complexity index is 790. The fraction of sp³-hybridized carbons (Fsp3) is 0.125. The third-order valence-electron chi connectivity index (χ3n) is 3.53. The standard InChI is InChI=1S/C16H12Cl2N2O2/c1-20-8-9-2-4-11(7-13(9)16(20)22)19-15(21)12-5-3-10(17)6-14(12)18/h2-7H,8H2,1H3,(H,19,21). The van der Waals surface area contributed by atoms with E-state index in [9.17, 15) is 9.59 Å². The van der Waals surface area contributed by atoms with Gasteiger partial charge in [-0.3, -0.25) is 9.59 Å². The van der Waals surface area contributed by atoms with E-state index in [1.165, 1.54) is 6.07 Å². The summed E-state index contributed by atoms with van der Waals surface area (Å²) in [4.78, 5) is 25.9. The lowest BCUT2D eigenvalue weighted by molar-refractivity contribution is 0.0816. The lowest BCUT2D eigenvalue weighted by Crippen LogP contribution is -2.17. The van der Waals surface area contributed by atoms with Crippen molar-refractivity contribution in [2.75, 3.05) is 12.4 Å². The van der Waals surface area contributed by atoms with Crippen LogP contribution in [0, 0.1) is 0 Å². The van der Waals surface area contributed by atoms with Gasteiger partial charge in [0.25, 0.3) is 11.8 Å². The lowest BCUT2D eigenvalue weighted by Gasteiger charge is -2.08. The number of fused-ring (bicyclic) bond motifs is 1. The largest absolute Gasteiger partial charge is 0.337 e. The number of amides is 2. The average molecular weight is 335 g/mol. The van der Waals surface area contributed by atoms with Crippen LogP contribution in [-0.2, 0) is 6.54 Å². The maximum Gasteiger partial charge on any atom is 0.257 e. The molecule has 0 radical (unpaired) electrons. The second-order valence-corrected chi connectivity index (χ2v) is 5.96. The van der Waals surface area contributed by atoms with E-state index >= 15 is 0 Å². The van der Waals surface area contributed by atoms with Gasteiger partial charge in [0.05, 0.1) is 10.6 Å². The molecule has 3 rings (SSSR count). The average Bonchev–Trinajstić information content (AvgIpc) is 2.74. The zero-order valence-electron chi connectivity index (χ0n) is 11.7. The van der Waals surface area contributed by atoms with E-state index < -0.39 is 0 Å². The second kappa shape index (κ2) is 5.63. The first-order chi connectivity index (χ1) is 10.5. The number of nitrogens with one attached hydrogen (secondary N) is 1. The van der Waals surface area contributed by atoms with Crippen molar-refractivity contribution in [3.05, 3.63) is 63.1 Å². The summed E-state index contributed by atoms with van der Waals surface area (Å²) in [5.74, 6) is -0.393. The van der Waals surface area contributed by atoms with Crippen LogP contribution in [0.15, 0.2) is 36.4 Å². The van der Waals surface area contributed by atoms with Crippen molar-refractivity contribution in [1.29, 1.82) is 0 Å². The summed E-state index contributed by atoms with van der Waals surface area (Å²) in [6.07, 6.45) is 0. The van der Waals surface area contributed by atoms with E-state index in [0.29, 0.717) is 28.4 Å². The minimum absolute atomic E-state index is 0.0457. The molecule has 1 aliphatic rings. The van der Waals surface area contributed by atoms with Gasteiger partial charge in [0.2, 0.25) is 0 Å². The summed E-state index contributed by atoms with van der Waals surface area (Å²) in [6.45, 7) is 0.589. The highest BCUT2D eigenvalue weighted by molar-refractivity contribution is 6.37. The first kappa shape index (κ1) is 14.9. The predicted octanol–water partition coefficient (Wildman–Crippen LogP) is 3.83. The first-order valence-corrected chi connectivity index (χ1v) is 7.36. The number of carbonyl (C=O) groups excluding carboxylic acids is 2. The summed E-state index contributed by atoms with van der Waals surface area (Å²) in [5.41, 5.74) is 2.45. The fourth-order valence-corrected chi connectivity index (χ4v) is 2.89. The maximum atomic E-state index is 12.3. The van der Waals surface area contributed by atoms with Gasteiger partial charge in [-0.25, -0.2) is 0 Å². The van der Waals surface area contributed by atoms with Crippen LogP contribution < -0.4 is 5.32 Å². The lowest BCUT2D eigenvalue weighted by atomic mass is 10.1. The molecule has 4 nitrogen and oxygen atoms in total. The first-order valence-electron chi connectivity index (χ1n) is 6.60. The molecule has 22 heavy (non-hydrogen) atoms. The fourth-order valence-electron chi connectivity index (χ4n) is 2.40. The van der Waals surface area contributed by atoms with E-state index in [4.69, 9.17) is 23.2 Å². The molecule has 112 valence electrons. The van der Waals surface area contributed by atoms with Crippen molar-refractivity contribution in [2.45, 2.75) is 6.54 Å². The molecule has 1 N–H and O–H groups in total. The van der Waals surface area contributed by atoms with Gasteiger partial charge >= 0.3 is 0 Å². The highest BCUT2D eigenvalue weighted by Crippen LogP contribution is 2.26. The molecule has 2 aromatic rings. The number of hydrogen-bond acceptors (Lipinski definition) is 2. The van der Waals surface area contributed by atoms with Gasteiger partial charge in [-0.15, -0.1) is 0 Å². The van der Waals surface area contributed by atoms with E-state index in [1.54, 1.807) is 36.2 Å². The minimum Gasteiger partial charge on any atom is -0.337 e. The van der Waals surface area contributed by atoms with Crippen LogP contribution in [0.3, 0.4) is 0 Å². The third kappa shape index (κ3) is 2.67. The van der Waals surface area contributed by atoms with Crippen LogP contribution in [0.4, 0.5) is 5.69 Å². The SMILES string of the molecule is CN1Cc2ccc(NC(=O)c3ccc(Cl)cc3Cl)cc2C1=O. The topological polar surface area (TPSA) is 49.4 Å². The molecule has 0 fully saturated rings. The number of nitrogens with zero attached hydrogens (tertiary/aromatic N) is 1. The molecule has 1 aliphatic heterocycles. The Morgan fingerprint density at radius 1 is 1.18 bits per heavy atom. The molecule has 2 amide bonds. The van der Waals surface area contributed by atoms with Crippen LogP contribution in [0.1, 0.15) is 26.3 Å². The van der Waals surface area contributed by atoms with Gasteiger partial charge in [-0.05, 0) is 35.9 Å². The Morgan fingerprint density at radius 3 is 2.68 bits per heavy atom. The normalized spacial score (nSPS) is 13.2. The summed E-state index contributed by atoms with van der Waals surface area (Å²) < 4.78 is 0. The molecule has 0 aliphatic carbocycles. The molecule has 0 atom stereocenters. The van der Waals surface area contributed by atoms with Crippen LogP contribution in [-0.4, -0.2) is 23.8 Å². The Kier molecular flexibility index (Phi) is 3.81. The van der Waals surface area contributed by atoms with Crippen LogP contribution in [0.5, 0.6) is 0 Å². The summed E-state index contributed by atoms with van der Waals surface area (Å²) in [7, 11) is 1.74. The summed E-state index contributed by atoms with van der Waals surface area (Å²) in [5, 5.41) is 3.49. The molecule has 0 saturated carbocycles. The number of halogens is 2. The molecular formula is C16H12Cl2N2O2. The number of anilines is 1.